The largest absolute Gasteiger partial charge is 0.381 e. The Morgan fingerprint density at radius 2 is 2.00 bits per heavy atom. The second-order valence-corrected chi connectivity index (χ2v) is 4.75. The van der Waals surface area contributed by atoms with Gasteiger partial charge in [-0.2, -0.15) is 0 Å². The van der Waals surface area contributed by atoms with Gasteiger partial charge in [-0.3, -0.25) is 0 Å². The minimum Gasteiger partial charge on any atom is -0.381 e. The third kappa shape index (κ3) is 3.28. The van der Waals surface area contributed by atoms with Gasteiger partial charge in [0.05, 0.1) is 6.10 Å². The lowest BCUT2D eigenvalue weighted by Crippen LogP contribution is -2.33. The summed E-state index contributed by atoms with van der Waals surface area (Å²) < 4.78 is 25.1. The second-order valence-electron chi connectivity index (χ2n) is 4.75. The standard InChI is InChI=1S/C14H20FNO2/c1-10(16)14(12-4-2-3-5-13(12)15)18-11-6-8-17-9-7-11/h2-5,10-11,14H,6-9,16H2,1H3. The van der Waals surface area contributed by atoms with E-state index in [2.05, 4.69) is 0 Å². The Bertz CT molecular complexity index is 378. The molecule has 0 aromatic heterocycles. The summed E-state index contributed by atoms with van der Waals surface area (Å²) in [6.45, 7) is 3.25. The average Bonchev–Trinajstić information content (AvgIpc) is 2.38. The van der Waals surface area contributed by atoms with Crippen LogP contribution in [0.1, 0.15) is 31.4 Å². The van der Waals surface area contributed by atoms with Gasteiger partial charge in [0, 0.05) is 24.8 Å². The third-order valence-corrected chi connectivity index (χ3v) is 3.20. The maximum atomic E-state index is 13.8. The Balaban J connectivity index is 2.10. The number of nitrogens with two attached hydrogens (primary N) is 1. The van der Waals surface area contributed by atoms with Crippen molar-refractivity contribution in [3.8, 4) is 0 Å². The number of halogens is 1. The fourth-order valence-corrected chi connectivity index (χ4v) is 2.21. The smallest absolute Gasteiger partial charge is 0.129 e. The molecule has 0 spiro atoms. The predicted octanol–water partition coefficient (Wildman–Crippen LogP) is 2.41. The Morgan fingerprint density at radius 3 is 2.61 bits per heavy atom. The number of hydrogen-bond acceptors (Lipinski definition) is 3. The molecule has 0 saturated carbocycles. The molecule has 0 bridgehead atoms. The molecule has 1 fully saturated rings. The molecule has 4 heteroatoms. The molecule has 0 aliphatic carbocycles. The van der Waals surface area contributed by atoms with Crippen LogP contribution in [-0.2, 0) is 9.47 Å². The van der Waals surface area contributed by atoms with Crippen molar-refractivity contribution in [2.75, 3.05) is 13.2 Å². The lowest BCUT2D eigenvalue weighted by Gasteiger charge is -2.30. The van der Waals surface area contributed by atoms with Gasteiger partial charge in [-0.1, -0.05) is 18.2 Å². The van der Waals surface area contributed by atoms with Crippen LogP contribution in [0.2, 0.25) is 0 Å². The number of hydrogen-bond donors (Lipinski definition) is 1. The molecule has 1 aromatic rings. The summed E-state index contributed by atoms with van der Waals surface area (Å²) >= 11 is 0. The van der Waals surface area contributed by atoms with Crippen LogP contribution in [0.3, 0.4) is 0 Å². The van der Waals surface area contributed by atoms with Gasteiger partial charge in [0.1, 0.15) is 11.9 Å². The van der Waals surface area contributed by atoms with Gasteiger partial charge in [-0.05, 0) is 25.8 Å². The maximum absolute atomic E-state index is 13.8. The van der Waals surface area contributed by atoms with E-state index in [1.165, 1.54) is 6.07 Å². The van der Waals surface area contributed by atoms with Crippen LogP contribution in [0.25, 0.3) is 0 Å². The Labute approximate surface area is 107 Å². The molecule has 3 nitrogen and oxygen atoms in total. The van der Waals surface area contributed by atoms with Crippen molar-refractivity contribution < 1.29 is 13.9 Å². The summed E-state index contributed by atoms with van der Waals surface area (Å²) in [4.78, 5) is 0. The van der Waals surface area contributed by atoms with Gasteiger partial charge < -0.3 is 15.2 Å². The molecule has 18 heavy (non-hydrogen) atoms. The summed E-state index contributed by atoms with van der Waals surface area (Å²) in [7, 11) is 0. The predicted molar refractivity (Wildman–Crippen MR) is 67.7 cm³/mol. The Morgan fingerprint density at radius 1 is 1.33 bits per heavy atom. The highest BCUT2D eigenvalue weighted by molar-refractivity contribution is 5.21. The first-order chi connectivity index (χ1) is 8.68. The molecule has 2 N–H and O–H groups in total. The quantitative estimate of drug-likeness (QED) is 0.896. The van der Waals surface area contributed by atoms with Crippen LogP contribution in [0.5, 0.6) is 0 Å². The van der Waals surface area contributed by atoms with E-state index >= 15 is 0 Å². The topological polar surface area (TPSA) is 44.5 Å². The SMILES string of the molecule is CC(N)C(OC1CCOCC1)c1ccccc1F. The highest BCUT2D eigenvalue weighted by atomic mass is 19.1. The van der Waals surface area contributed by atoms with Crippen LogP contribution < -0.4 is 5.73 Å². The Hall–Kier alpha value is -0.970. The van der Waals surface area contributed by atoms with Crippen LogP contribution in [0.4, 0.5) is 4.39 Å². The molecule has 0 radical (unpaired) electrons. The molecule has 100 valence electrons. The molecule has 1 aliphatic rings. The second kappa shape index (κ2) is 6.27. The van der Waals surface area contributed by atoms with Crippen molar-refractivity contribution in [1.82, 2.24) is 0 Å². The summed E-state index contributed by atoms with van der Waals surface area (Å²) in [5, 5.41) is 0. The molecular formula is C14H20FNO2. The fraction of sp³-hybridized carbons (Fsp3) is 0.571. The lowest BCUT2D eigenvalue weighted by atomic mass is 10.0. The van der Waals surface area contributed by atoms with Gasteiger partial charge in [-0.25, -0.2) is 4.39 Å². The average molecular weight is 253 g/mol. The number of rotatable bonds is 4. The van der Waals surface area contributed by atoms with E-state index in [-0.39, 0.29) is 18.0 Å². The van der Waals surface area contributed by atoms with E-state index in [0.29, 0.717) is 18.8 Å². The molecular weight excluding hydrogens is 233 g/mol. The molecule has 1 aliphatic heterocycles. The molecule has 1 saturated heterocycles. The van der Waals surface area contributed by atoms with Crippen molar-refractivity contribution in [1.29, 1.82) is 0 Å². The van der Waals surface area contributed by atoms with Crippen molar-refractivity contribution in [2.24, 2.45) is 5.73 Å². The van der Waals surface area contributed by atoms with Crippen molar-refractivity contribution in [2.45, 2.75) is 38.0 Å². The summed E-state index contributed by atoms with van der Waals surface area (Å²) in [6, 6.07) is 6.41. The minimum absolute atomic E-state index is 0.106. The molecule has 1 aromatic carbocycles. The van der Waals surface area contributed by atoms with E-state index in [1.54, 1.807) is 18.2 Å². The van der Waals surface area contributed by atoms with Crippen LogP contribution in [-0.4, -0.2) is 25.4 Å². The molecule has 1 heterocycles. The maximum Gasteiger partial charge on any atom is 0.129 e. The highest BCUT2D eigenvalue weighted by Crippen LogP contribution is 2.27. The first kappa shape index (κ1) is 13.5. The Kier molecular flexibility index (Phi) is 4.69. The monoisotopic (exact) mass is 253 g/mol. The van der Waals surface area contributed by atoms with Crippen LogP contribution in [0.15, 0.2) is 24.3 Å². The molecule has 2 unspecified atom stereocenters. The van der Waals surface area contributed by atoms with Crippen LogP contribution >= 0.6 is 0 Å². The summed E-state index contributed by atoms with van der Waals surface area (Å²) in [6.07, 6.45) is 1.40. The van der Waals surface area contributed by atoms with E-state index in [0.717, 1.165) is 12.8 Å². The summed E-state index contributed by atoms with van der Waals surface area (Å²) in [5.41, 5.74) is 6.47. The third-order valence-electron chi connectivity index (χ3n) is 3.20. The zero-order chi connectivity index (χ0) is 13.0. The van der Waals surface area contributed by atoms with Crippen molar-refractivity contribution in [3.63, 3.8) is 0 Å². The van der Waals surface area contributed by atoms with E-state index in [9.17, 15) is 4.39 Å². The fourth-order valence-electron chi connectivity index (χ4n) is 2.21. The van der Waals surface area contributed by atoms with Crippen molar-refractivity contribution in [3.05, 3.63) is 35.6 Å². The minimum atomic E-state index is -0.394. The normalized spacial score (nSPS) is 20.6. The van der Waals surface area contributed by atoms with E-state index in [1.807, 2.05) is 6.92 Å². The van der Waals surface area contributed by atoms with Gasteiger partial charge in [0.25, 0.3) is 0 Å². The number of ether oxygens (including phenoxy) is 2. The van der Waals surface area contributed by atoms with Gasteiger partial charge in [0.15, 0.2) is 0 Å². The molecule has 2 rings (SSSR count). The zero-order valence-electron chi connectivity index (χ0n) is 10.6. The highest BCUT2D eigenvalue weighted by Gasteiger charge is 2.25. The van der Waals surface area contributed by atoms with Gasteiger partial charge in [-0.15, -0.1) is 0 Å². The van der Waals surface area contributed by atoms with E-state index in [4.69, 9.17) is 15.2 Å². The van der Waals surface area contributed by atoms with Gasteiger partial charge in [0.2, 0.25) is 0 Å². The van der Waals surface area contributed by atoms with Crippen LogP contribution in [0, 0.1) is 5.82 Å². The zero-order valence-corrected chi connectivity index (χ0v) is 10.6. The first-order valence-corrected chi connectivity index (χ1v) is 6.41. The number of benzene rings is 1. The van der Waals surface area contributed by atoms with Crippen molar-refractivity contribution >= 4 is 0 Å². The van der Waals surface area contributed by atoms with E-state index < -0.39 is 6.10 Å². The lowest BCUT2D eigenvalue weighted by molar-refractivity contribution is -0.0767. The summed E-state index contributed by atoms with van der Waals surface area (Å²) in [5.74, 6) is -0.258. The first-order valence-electron chi connectivity index (χ1n) is 6.41. The molecule has 2 atom stereocenters. The van der Waals surface area contributed by atoms with Gasteiger partial charge >= 0.3 is 0 Å². The molecule has 0 amide bonds.